The van der Waals surface area contributed by atoms with Crippen LogP contribution < -0.4 is 10.9 Å². The Hall–Kier alpha value is -1.73. The van der Waals surface area contributed by atoms with Crippen molar-refractivity contribution in [2.75, 3.05) is 5.32 Å². The van der Waals surface area contributed by atoms with Crippen LogP contribution in [0.15, 0.2) is 46.3 Å². The minimum absolute atomic E-state index is 0.140. The SMILES string of the molecule is CC(C)CCn1c(SC(C)C(=O)Nc2cc(Cl)cc(Cl)c2)nc2cc(Cl)ccc2c1=O. The van der Waals surface area contributed by atoms with E-state index in [0.717, 1.165) is 6.42 Å². The maximum atomic E-state index is 13.1. The van der Waals surface area contributed by atoms with Gasteiger partial charge >= 0.3 is 0 Å². The number of carbonyl (C=O) groups is 1. The van der Waals surface area contributed by atoms with Crippen molar-refractivity contribution in [1.82, 2.24) is 9.55 Å². The molecule has 0 bridgehead atoms. The van der Waals surface area contributed by atoms with Crippen molar-refractivity contribution in [3.63, 3.8) is 0 Å². The van der Waals surface area contributed by atoms with Crippen molar-refractivity contribution in [1.29, 1.82) is 0 Å². The predicted molar refractivity (Wildman–Crippen MR) is 131 cm³/mol. The Balaban J connectivity index is 1.91. The van der Waals surface area contributed by atoms with Crippen LogP contribution in [0.2, 0.25) is 15.1 Å². The van der Waals surface area contributed by atoms with Crippen molar-refractivity contribution < 1.29 is 4.79 Å². The van der Waals surface area contributed by atoms with Crippen molar-refractivity contribution in [3.8, 4) is 0 Å². The van der Waals surface area contributed by atoms with Crippen molar-refractivity contribution in [3.05, 3.63) is 61.8 Å². The Labute approximate surface area is 200 Å². The van der Waals surface area contributed by atoms with Crippen molar-refractivity contribution in [2.45, 2.75) is 44.1 Å². The minimum Gasteiger partial charge on any atom is -0.325 e. The highest BCUT2D eigenvalue weighted by atomic mass is 35.5. The molecule has 5 nitrogen and oxygen atoms in total. The van der Waals surface area contributed by atoms with Crippen LogP contribution in [0.25, 0.3) is 10.9 Å². The average molecular weight is 499 g/mol. The van der Waals surface area contributed by atoms with Crippen LogP contribution in [0.4, 0.5) is 5.69 Å². The van der Waals surface area contributed by atoms with E-state index in [1.165, 1.54) is 11.8 Å². The maximum absolute atomic E-state index is 13.1. The van der Waals surface area contributed by atoms with Crippen molar-refractivity contribution in [2.24, 2.45) is 5.92 Å². The zero-order valence-electron chi connectivity index (χ0n) is 17.3. The van der Waals surface area contributed by atoms with Crippen LogP contribution in [0.5, 0.6) is 0 Å². The second-order valence-corrected chi connectivity index (χ2v) is 10.2. The molecule has 9 heteroatoms. The summed E-state index contributed by atoms with van der Waals surface area (Å²) in [7, 11) is 0. The summed E-state index contributed by atoms with van der Waals surface area (Å²) in [5, 5.41) is 4.63. The first-order valence-corrected chi connectivity index (χ1v) is 11.8. The summed E-state index contributed by atoms with van der Waals surface area (Å²) in [6.45, 7) is 6.46. The monoisotopic (exact) mass is 497 g/mol. The number of fused-ring (bicyclic) bond motifs is 1. The highest BCUT2D eigenvalue weighted by molar-refractivity contribution is 8.00. The van der Waals surface area contributed by atoms with Crippen LogP contribution in [-0.4, -0.2) is 20.7 Å². The maximum Gasteiger partial charge on any atom is 0.262 e. The van der Waals surface area contributed by atoms with Gasteiger partial charge in [-0.05, 0) is 55.7 Å². The summed E-state index contributed by atoms with van der Waals surface area (Å²) < 4.78 is 1.64. The molecule has 0 fully saturated rings. The Bertz CT molecular complexity index is 1160. The van der Waals surface area contributed by atoms with Gasteiger partial charge in [0.2, 0.25) is 5.91 Å². The molecule has 0 aliphatic heterocycles. The standard InChI is InChI=1S/C22H22Cl3N3O2S/c1-12(2)6-7-28-21(30)18-5-4-14(23)11-19(18)27-22(28)31-13(3)20(29)26-17-9-15(24)8-16(25)10-17/h4-5,8-13H,6-7H2,1-3H3,(H,26,29). The molecule has 0 saturated heterocycles. The van der Waals surface area contributed by atoms with Gasteiger partial charge in [0.1, 0.15) is 0 Å². The molecule has 1 amide bonds. The van der Waals surface area contributed by atoms with Gasteiger partial charge in [0.05, 0.1) is 16.2 Å². The van der Waals surface area contributed by atoms with Crippen LogP contribution in [0.1, 0.15) is 27.2 Å². The third-order valence-electron chi connectivity index (χ3n) is 4.59. The van der Waals surface area contributed by atoms with Crippen molar-refractivity contribution >= 4 is 69.1 Å². The van der Waals surface area contributed by atoms with Gasteiger partial charge in [0, 0.05) is 27.3 Å². The zero-order chi connectivity index (χ0) is 22.7. The molecule has 0 saturated carbocycles. The molecular formula is C22H22Cl3N3O2S. The lowest BCUT2D eigenvalue weighted by Crippen LogP contribution is -2.27. The smallest absolute Gasteiger partial charge is 0.262 e. The van der Waals surface area contributed by atoms with E-state index in [4.69, 9.17) is 34.8 Å². The number of benzene rings is 2. The van der Waals surface area contributed by atoms with Gasteiger partial charge in [0.15, 0.2) is 5.16 Å². The molecule has 2 aromatic carbocycles. The number of rotatable bonds is 7. The Kier molecular flexibility index (Phi) is 7.92. The molecule has 31 heavy (non-hydrogen) atoms. The number of hydrogen-bond acceptors (Lipinski definition) is 4. The second kappa shape index (κ2) is 10.3. The number of amides is 1. The number of nitrogens with zero attached hydrogens (tertiary/aromatic N) is 2. The molecule has 1 unspecified atom stereocenters. The Morgan fingerprint density at radius 1 is 1.06 bits per heavy atom. The molecule has 3 aromatic rings. The molecular weight excluding hydrogens is 477 g/mol. The number of aromatic nitrogens is 2. The number of thioether (sulfide) groups is 1. The minimum atomic E-state index is -0.522. The van der Waals surface area contributed by atoms with E-state index < -0.39 is 5.25 Å². The lowest BCUT2D eigenvalue weighted by atomic mass is 10.1. The van der Waals surface area contributed by atoms with Gasteiger partial charge in [-0.3, -0.25) is 14.2 Å². The van der Waals surface area contributed by atoms with E-state index in [9.17, 15) is 9.59 Å². The summed E-state index contributed by atoms with van der Waals surface area (Å²) in [4.78, 5) is 30.5. The number of anilines is 1. The van der Waals surface area contributed by atoms with Gasteiger partial charge in [-0.15, -0.1) is 0 Å². The molecule has 0 aliphatic rings. The summed E-state index contributed by atoms with van der Waals surface area (Å²) in [6.07, 6.45) is 0.815. The van der Waals surface area contributed by atoms with Crippen LogP contribution in [0, 0.1) is 5.92 Å². The Morgan fingerprint density at radius 2 is 1.74 bits per heavy atom. The van der Waals surface area contributed by atoms with E-state index in [1.54, 1.807) is 47.9 Å². The molecule has 0 radical (unpaired) electrons. The van der Waals surface area contributed by atoms with Crippen LogP contribution >= 0.6 is 46.6 Å². The molecule has 0 aliphatic carbocycles. The molecule has 1 heterocycles. The average Bonchev–Trinajstić information content (AvgIpc) is 2.66. The number of hydrogen-bond donors (Lipinski definition) is 1. The fourth-order valence-corrected chi connectivity index (χ4v) is 4.56. The molecule has 3 rings (SSSR count). The lowest BCUT2D eigenvalue weighted by Gasteiger charge is -2.17. The first-order chi connectivity index (χ1) is 14.6. The quantitative estimate of drug-likeness (QED) is 0.297. The lowest BCUT2D eigenvalue weighted by molar-refractivity contribution is -0.115. The first kappa shape index (κ1) is 23.9. The van der Waals surface area contributed by atoms with Crippen LogP contribution in [0.3, 0.4) is 0 Å². The summed E-state index contributed by atoms with van der Waals surface area (Å²) >= 11 is 19.3. The van der Waals surface area contributed by atoms with E-state index >= 15 is 0 Å². The largest absolute Gasteiger partial charge is 0.325 e. The van der Waals surface area contributed by atoms with E-state index in [2.05, 4.69) is 24.1 Å². The number of carbonyl (C=O) groups excluding carboxylic acids is 1. The fourth-order valence-electron chi connectivity index (χ4n) is 2.93. The molecule has 164 valence electrons. The Morgan fingerprint density at radius 3 is 2.39 bits per heavy atom. The molecule has 1 aromatic heterocycles. The highest BCUT2D eigenvalue weighted by Gasteiger charge is 2.20. The van der Waals surface area contributed by atoms with Gasteiger partial charge in [-0.25, -0.2) is 4.98 Å². The number of halogens is 3. The zero-order valence-corrected chi connectivity index (χ0v) is 20.4. The van der Waals surface area contributed by atoms with Gasteiger partial charge in [-0.2, -0.15) is 0 Å². The summed E-state index contributed by atoms with van der Waals surface area (Å²) in [6, 6.07) is 9.86. The van der Waals surface area contributed by atoms with Crippen LogP contribution in [-0.2, 0) is 11.3 Å². The normalized spacial score (nSPS) is 12.4. The van der Waals surface area contributed by atoms with E-state index in [1.807, 2.05) is 0 Å². The summed E-state index contributed by atoms with van der Waals surface area (Å²) in [5.74, 6) is 0.165. The van der Waals surface area contributed by atoms with E-state index in [-0.39, 0.29) is 11.5 Å². The third kappa shape index (κ3) is 6.16. The second-order valence-electron chi connectivity index (χ2n) is 7.60. The third-order valence-corrected chi connectivity index (χ3v) is 6.36. The highest BCUT2D eigenvalue weighted by Crippen LogP contribution is 2.27. The van der Waals surface area contributed by atoms with Gasteiger partial charge in [-0.1, -0.05) is 60.4 Å². The van der Waals surface area contributed by atoms with Gasteiger partial charge < -0.3 is 5.32 Å². The fraction of sp³-hybridized carbons (Fsp3) is 0.318. The molecule has 1 atom stereocenters. The topological polar surface area (TPSA) is 64.0 Å². The van der Waals surface area contributed by atoms with Gasteiger partial charge in [0.25, 0.3) is 5.56 Å². The molecule has 1 N–H and O–H groups in total. The van der Waals surface area contributed by atoms with E-state index in [0.29, 0.717) is 49.3 Å². The first-order valence-electron chi connectivity index (χ1n) is 9.77. The number of nitrogens with one attached hydrogen (secondary N) is 1. The summed E-state index contributed by atoms with van der Waals surface area (Å²) in [5.41, 5.74) is 0.875. The molecule has 0 spiro atoms. The predicted octanol–water partition coefficient (Wildman–Crippen LogP) is 6.52.